The maximum atomic E-state index is 12.4. The standard InChI is InChI=1S/C20H26N4OS/c1-13(16-8-7-15-5-3-4-6-17(15)11-16)21-19(25)12-26-20-23-22-14(2)24(20)18-9-10-18/h7-8,11,13,18H,3-6,9-10,12H2,1-2H3,(H,21,25)/t13-/m0/s1. The van der Waals surface area contributed by atoms with Gasteiger partial charge < -0.3 is 9.88 Å². The van der Waals surface area contributed by atoms with Gasteiger partial charge in [0.2, 0.25) is 5.91 Å². The minimum absolute atomic E-state index is 0.0263. The van der Waals surface area contributed by atoms with Crippen molar-refractivity contribution in [3.63, 3.8) is 0 Å². The van der Waals surface area contributed by atoms with Crippen LogP contribution in [-0.4, -0.2) is 26.4 Å². The number of thioether (sulfide) groups is 1. The summed E-state index contributed by atoms with van der Waals surface area (Å²) in [5, 5.41) is 12.4. The van der Waals surface area contributed by atoms with E-state index >= 15 is 0 Å². The Labute approximate surface area is 159 Å². The van der Waals surface area contributed by atoms with Crippen LogP contribution in [0.5, 0.6) is 0 Å². The monoisotopic (exact) mass is 370 g/mol. The fourth-order valence-corrected chi connectivity index (χ4v) is 4.58. The van der Waals surface area contributed by atoms with Gasteiger partial charge in [-0.05, 0) is 69.1 Å². The molecule has 2 aliphatic carbocycles. The van der Waals surface area contributed by atoms with Crippen molar-refractivity contribution in [3.05, 3.63) is 40.7 Å². The first-order chi connectivity index (χ1) is 12.6. The van der Waals surface area contributed by atoms with E-state index in [-0.39, 0.29) is 11.9 Å². The van der Waals surface area contributed by atoms with Crippen LogP contribution < -0.4 is 5.32 Å². The molecule has 2 aliphatic rings. The maximum absolute atomic E-state index is 12.4. The highest BCUT2D eigenvalue weighted by Gasteiger charge is 2.28. The molecule has 1 N–H and O–H groups in total. The zero-order valence-corrected chi connectivity index (χ0v) is 16.3. The molecule has 6 heteroatoms. The van der Waals surface area contributed by atoms with E-state index in [1.165, 1.54) is 60.6 Å². The summed E-state index contributed by atoms with van der Waals surface area (Å²) < 4.78 is 2.17. The van der Waals surface area contributed by atoms with Crippen LogP contribution in [0.2, 0.25) is 0 Å². The molecule has 2 aromatic rings. The average molecular weight is 371 g/mol. The first-order valence-electron chi connectivity index (χ1n) is 9.57. The lowest BCUT2D eigenvalue weighted by Gasteiger charge is -2.20. The highest BCUT2D eigenvalue weighted by Crippen LogP contribution is 2.38. The third-order valence-electron chi connectivity index (χ3n) is 5.33. The Morgan fingerprint density at radius 2 is 2.04 bits per heavy atom. The van der Waals surface area contributed by atoms with Crippen molar-refractivity contribution in [2.24, 2.45) is 0 Å². The molecule has 0 bridgehead atoms. The normalized spacial score (nSPS) is 17.6. The van der Waals surface area contributed by atoms with Gasteiger partial charge in [0, 0.05) is 6.04 Å². The van der Waals surface area contributed by atoms with Crippen LogP contribution >= 0.6 is 11.8 Å². The number of carbonyl (C=O) groups excluding carboxylic acids is 1. The molecule has 1 fully saturated rings. The van der Waals surface area contributed by atoms with Crippen molar-refractivity contribution in [3.8, 4) is 0 Å². The van der Waals surface area contributed by atoms with E-state index in [9.17, 15) is 4.79 Å². The Balaban J connectivity index is 1.34. The minimum atomic E-state index is 0.0263. The molecule has 1 aromatic carbocycles. The van der Waals surface area contributed by atoms with Crippen molar-refractivity contribution in [2.45, 2.75) is 69.6 Å². The van der Waals surface area contributed by atoms with Crippen molar-refractivity contribution in [2.75, 3.05) is 5.75 Å². The minimum Gasteiger partial charge on any atom is -0.349 e. The summed E-state index contributed by atoms with van der Waals surface area (Å²) in [7, 11) is 0. The topological polar surface area (TPSA) is 59.8 Å². The van der Waals surface area contributed by atoms with Gasteiger partial charge in [0.15, 0.2) is 5.16 Å². The van der Waals surface area contributed by atoms with Gasteiger partial charge >= 0.3 is 0 Å². The second-order valence-electron chi connectivity index (χ2n) is 7.44. The molecule has 1 heterocycles. The van der Waals surface area contributed by atoms with Crippen molar-refractivity contribution < 1.29 is 4.79 Å². The van der Waals surface area contributed by atoms with Crippen LogP contribution in [0.25, 0.3) is 0 Å². The van der Waals surface area contributed by atoms with E-state index < -0.39 is 0 Å². The average Bonchev–Trinajstić information content (AvgIpc) is 3.42. The van der Waals surface area contributed by atoms with Gasteiger partial charge in [-0.25, -0.2) is 0 Å². The van der Waals surface area contributed by atoms with Crippen LogP contribution in [0.1, 0.15) is 67.2 Å². The number of rotatable bonds is 6. The number of hydrogen-bond acceptors (Lipinski definition) is 4. The predicted octanol–water partition coefficient (Wildman–Crippen LogP) is 3.77. The van der Waals surface area contributed by atoms with Crippen LogP contribution in [0.15, 0.2) is 23.4 Å². The molecule has 1 aromatic heterocycles. The molecule has 0 unspecified atom stereocenters. The molecular formula is C20H26N4OS. The summed E-state index contributed by atoms with van der Waals surface area (Å²) in [4.78, 5) is 12.4. The van der Waals surface area contributed by atoms with Gasteiger partial charge in [0.25, 0.3) is 0 Å². The van der Waals surface area contributed by atoms with E-state index in [2.05, 4.69) is 45.2 Å². The molecule has 1 saturated carbocycles. The third kappa shape index (κ3) is 3.80. The molecule has 138 valence electrons. The largest absolute Gasteiger partial charge is 0.349 e. The molecule has 5 nitrogen and oxygen atoms in total. The smallest absolute Gasteiger partial charge is 0.230 e. The van der Waals surface area contributed by atoms with Crippen LogP contribution in [0, 0.1) is 6.92 Å². The number of carbonyl (C=O) groups is 1. The summed E-state index contributed by atoms with van der Waals surface area (Å²) in [6.45, 7) is 4.04. The fraction of sp³-hybridized carbons (Fsp3) is 0.550. The molecule has 0 aliphatic heterocycles. The number of nitrogens with one attached hydrogen (secondary N) is 1. The lowest BCUT2D eigenvalue weighted by atomic mass is 9.89. The summed E-state index contributed by atoms with van der Waals surface area (Å²) in [6, 6.07) is 7.24. The summed E-state index contributed by atoms with van der Waals surface area (Å²) in [5.41, 5.74) is 4.13. The number of nitrogens with zero attached hydrogens (tertiary/aromatic N) is 3. The third-order valence-corrected chi connectivity index (χ3v) is 6.27. The second-order valence-corrected chi connectivity index (χ2v) is 8.39. The zero-order chi connectivity index (χ0) is 18.1. The summed E-state index contributed by atoms with van der Waals surface area (Å²) >= 11 is 1.48. The SMILES string of the molecule is Cc1nnc(SCC(=O)N[C@@H](C)c2ccc3c(c2)CCCC3)n1C1CC1. The van der Waals surface area contributed by atoms with Crippen LogP contribution in [0.3, 0.4) is 0 Å². The quantitative estimate of drug-likeness (QED) is 0.787. The van der Waals surface area contributed by atoms with Crippen molar-refractivity contribution >= 4 is 17.7 Å². The summed E-state index contributed by atoms with van der Waals surface area (Å²) in [6.07, 6.45) is 7.29. The van der Waals surface area contributed by atoms with Gasteiger partial charge in [-0.1, -0.05) is 30.0 Å². The molecule has 1 atom stereocenters. The summed E-state index contributed by atoms with van der Waals surface area (Å²) in [5.74, 6) is 1.36. The van der Waals surface area contributed by atoms with Crippen LogP contribution in [-0.2, 0) is 17.6 Å². The second kappa shape index (κ2) is 7.43. The number of aromatic nitrogens is 3. The van der Waals surface area contributed by atoms with Crippen molar-refractivity contribution in [1.29, 1.82) is 0 Å². The Bertz CT molecular complexity index is 812. The fourth-order valence-electron chi connectivity index (χ4n) is 3.72. The first kappa shape index (κ1) is 17.6. The highest BCUT2D eigenvalue weighted by molar-refractivity contribution is 7.99. The Morgan fingerprint density at radius 1 is 1.27 bits per heavy atom. The number of amides is 1. The van der Waals surface area contributed by atoms with Gasteiger partial charge in [0.05, 0.1) is 11.8 Å². The van der Waals surface area contributed by atoms with E-state index in [4.69, 9.17) is 0 Å². The van der Waals surface area contributed by atoms with E-state index in [0.29, 0.717) is 11.8 Å². The van der Waals surface area contributed by atoms with Crippen LogP contribution in [0.4, 0.5) is 0 Å². The van der Waals surface area contributed by atoms with Gasteiger partial charge in [0.1, 0.15) is 5.82 Å². The Kier molecular flexibility index (Phi) is 5.02. The number of benzene rings is 1. The number of fused-ring (bicyclic) bond motifs is 1. The lowest BCUT2D eigenvalue weighted by Crippen LogP contribution is -2.28. The van der Waals surface area contributed by atoms with E-state index in [1.807, 2.05) is 6.92 Å². The maximum Gasteiger partial charge on any atom is 0.230 e. The molecule has 0 radical (unpaired) electrons. The van der Waals surface area contributed by atoms with E-state index in [0.717, 1.165) is 17.4 Å². The Morgan fingerprint density at radius 3 is 2.81 bits per heavy atom. The molecule has 4 rings (SSSR count). The van der Waals surface area contributed by atoms with E-state index in [1.54, 1.807) is 0 Å². The van der Waals surface area contributed by atoms with Gasteiger partial charge in [-0.2, -0.15) is 0 Å². The predicted molar refractivity (Wildman–Crippen MR) is 103 cm³/mol. The van der Waals surface area contributed by atoms with Gasteiger partial charge in [-0.3, -0.25) is 4.79 Å². The number of aryl methyl sites for hydroxylation is 3. The first-order valence-corrected chi connectivity index (χ1v) is 10.6. The molecule has 0 spiro atoms. The van der Waals surface area contributed by atoms with Crippen molar-refractivity contribution in [1.82, 2.24) is 20.1 Å². The Hall–Kier alpha value is -1.82. The molecule has 0 saturated heterocycles. The molecular weight excluding hydrogens is 344 g/mol. The lowest BCUT2D eigenvalue weighted by molar-refractivity contribution is -0.119. The van der Waals surface area contributed by atoms with Gasteiger partial charge in [-0.15, -0.1) is 10.2 Å². The number of hydrogen-bond donors (Lipinski definition) is 1. The molecule has 26 heavy (non-hydrogen) atoms. The molecule has 1 amide bonds. The highest BCUT2D eigenvalue weighted by atomic mass is 32.2. The zero-order valence-electron chi connectivity index (χ0n) is 15.5.